The highest BCUT2D eigenvalue weighted by atomic mass is 32.2. The van der Waals surface area contributed by atoms with Gasteiger partial charge in [-0.1, -0.05) is 19.1 Å². The minimum Gasteiger partial charge on any atom is -0.493 e. The van der Waals surface area contributed by atoms with E-state index < -0.39 is 9.84 Å². The molecule has 3 rings (SSSR count). The normalized spacial score (nSPS) is 14.3. The van der Waals surface area contributed by atoms with Crippen molar-refractivity contribution >= 4 is 21.4 Å². The molecule has 0 spiro atoms. The van der Waals surface area contributed by atoms with E-state index in [0.29, 0.717) is 24.3 Å². The number of carbonyl (C=O) groups excluding carboxylic acids is 1. The summed E-state index contributed by atoms with van der Waals surface area (Å²) in [6.45, 7) is 5.86. The zero-order valence-electron chi connectivity index (χ0n) is 17.4. The lowest BCUT2D eigenvalue weighted by Crippen LogP contribution is -2.27. The largest absolute Gasteiger partial charge is 0.493 e. The van der Waals surface area contributed by atoms with Crippen LogP contribution in [0.4, 0.5) is 5.69 Å². The molecule has 0 atom stereocenters. The maximum Gasteiger partial charge on any atom is 0.259 e. The Bertz CT molecular complexity index is 1030. The molecule has 0 aliphatic carbocycles. The van der Waals surface area contributed by atoms with Crippen LogP contribution < -0.4 is 10.1 Å². The smallest absolute Gasteiger partial charge is 0.259 e. The van der Waals surface area contributed by atoms with E-state index in [2.05, 4.69) is 23.3 Å². The number of hydrogen-bond acceptors (Lipinski definition) is 5. The van der Waals surface area contributed by atoms with Crippen molar-refractivity contribution in [2.24, 2.45) is 0 Å². The molecule has 7 heteroatoms. The predicted octanol–water partition coefficient (Wildman–Crippen LogP) is 3.29. The van der Waals surface area contributed by atoms with Gasteiger partial charge in [-0.3, -0.25) is 4.79 Å². The zero-order chi connectivity index (χ0) is 21.2. The lowest BCUT2D eigenvalue weighted by atomic mass is 9.98. The van der Waals surface area contributed by atoms with Crippen molar-refractivity contribution in [3.05, 3.63) is 52.6 Å². The van der Waals surface area contributed by atoms with Crippen LogP contribution in [0.15, 0.2) is 35.2 Å². The van der Waals surface area contributed by atoms with E-state index in [1.165, 1.54) is 11.6 Å². The fraction of sp³-hybridized carbons (Fsp3) is 0.409. The Morgan fingerprint density at radius 1 is 1.24 bits per heavy atom. The van der Waals surface area contributed by atoms with Crippen molar-refractivity contribution in [3.63, 3.8) is 0 Å². The fourth-order valence-corrected chi connectivity index (χ4v) is 4.74. The highest BCUT2D eigenvalue weighted by Crippen LogP contribution is 2.30. The van der Waals surface area contributed by atoms with Gasteiger partial charge in [0.2, 0.25) is 0 Å². The van der Waals surface area contributed by atoms with Crippen molar-refractivity contribution in [2.75, 3.05) is 31.8 Å². The number of rotatable bonds is 6. The average Bonchev–Trinajstić information content (AvgIpc) is 2.66. The van der Waals surface area contributed by atoms with Crippen LogP contribution in [0.1, 0.15) is 40.9 Å². The maximum atomic E-state index is 13.1. The van der Waals surface area contributed by atoms with Crippen LogP contribution in [0.5, 0.6) is 5.75 Å². The van der Waals surface area contributed by atoms with E-state index >= 15 is 0 Å². The van der Waals surface area contributed by atoms with Gasteiger partial charge in [-0.25, -0.2) is 8.42 Å². The molecule has 6 nitrogen and oxygen atoms in total. The summed E-state index contributed by atoms with van der Waals surface area (Å²) >= 11 is 0. The second-order valence-corrected chi connectivity index (χ2v) is 9.38. The summed E-state index contributed by atoms with van der Waals surface area (Å²) in [5.41, 5.74) is 3.97. The standard InChI is InChI=1S/C22H28N2O4S/c1-5-15-12-20(28-6-2)18(13-21(15)29(4,26)27)22(25)23-19-9-7-8-16-14-24(3)11-10-17(16)19/h7-9,12-13H,5-6,10-11,14H2,1-4H3,(H,23,25). The molecule has 1 heterocycles. The number of fused-ring (bicyclic) bond motifs is 1. The molecule has 1 aliphatic heterocycles. The molecule has 0 bridgehead atoms. The average molecular weight is 417 g/mol. The fourth-order valence-electron chi connectivity index (χ4n) is 3.73. The molecule has 0 saturated carbocycles. The highest BCUT2D eigenvalue weighted by Gasteiger charge is 2.23. The van der Waals surface area contributed by atoms with Crippen LogP contribution in [0.25, 0.3) is 0 Å². The lowest BCUT2D eigenvalue weighted by molar-refractivity contribution is 0.102. The molecular weight excluding hydrogens is 388 g/mol. The summed E-state index contributed by atoms with van der Waals surface area (Å²) in [7, 11) is -1.39. The molecule has 29 heavy (non-hydrogen) atoms. The van der Waals surface area contributed by atoms with Gasteiger partial charge in [-0.15, -0.1) is 0 Å². The third kappa shape index (κ3) is 4.62. The van der Waals surface area contributed by atoms with Gasteiger partial charge in [-0.05, 0) is 61.7 Å². The van der Waals surface area contributed by atoms with Crippen molar-refractivity contribution < 1.29 is 17.9 Å². The third-order valence-electron chi connectivity index (χ3n) is 5.19. The van der Waals surface area contributed by atoms with Gasteiger partial charge in [0.1, 0.15) is 5.75 Å². The third-order valence-corrected chi connectivity index (χ3v) is 6.37. The van der Waals surface area contributed by atoms with Crippen LogP contribution in [-0.4, -0.2) is 45.7 Å². The lowest BCUT2D eigenvalue weighted by Gasteiger charge is -2.27. The van der Waals surface area contributed by atoms with Crippen molar-refractivity contribution in [1.29, 1.82) is 0 Å². The number of nitrogens with zero attached hydrogens (tertiary/aromatic N) is 1. The minimum atomic E-state index is -3.47. The number of sulfone groups is 1. The molecule has 0 radical (unpaired) electrons. The van der Waals surface area contributed by atoms with Gasteiger partial charge in [0.15, 0.2) is 9.84 Å². The zero-order valence-corrected chi connectivity index (χ0v) is 18.2. The van der Waals surface area contributed by atoms with Crippen LogP contribution in [0, 0.1) is 0 Å². The first-order chi connectivity index (χ1) is 13.7. The summed E-state index contributed by atoms with van der Waals surface area (Å²) in [6, 6.07) is 9.01. The van der Waals surface area contributed by atoms with Crippen molar-refractivity contribution in [1.82, 2.24) is 4.90 Å². The van der Waals surface area contributed by atoms with Gasteiger partial charge in [-0.2, -0.15) is 0 Å². The molecule has 156 valence electrons. The Morgan fingerprint density at radius 2 is 2.00 bits per heavy atom. The first-order valence-corrected chi connectivity index (χ1v) is 11.7. The number of amides is 1. The molecular formula is C22H28N2O4S. The number of hydrogen-bond donors (Lipinski definition) is 1. The quantitative estimate of drug-likeness (QED) is 0.782. The summed E-state index contributed by atoms with van der Waals surface area (Å²) in [5.74, 6) is 0.0344. The van der Waals surface area contributed by atoms with Gasteiger partial charge < -0.3 is 15.0 Å². The summed E-state index contributed by atoms with van der Waals surface area (Å²) < 4.78 is 30.2. The number of ether oxygens (including phenoxy) is 1. The monoisotopic (exact) mass is 416 g/mol. The van der Waals surface area contributed by atoms with E-state index in [4.69, 9.17) is 4.74 Å². The van der Waals surface area contributed by atoms with Crippen LogP contribution in [0.3, 0.4) is 0 Å². The number of likely N-dealkylation sites (N-methyl/N-ethyl adjacent to an activating group) is 1. The molecule has 1 aliphatic rings. The Labute approximate surface area is 172 Å². The molecule has 0 fully saturated rings. The second kappa shape index (κ2) is 8.55. The summed E-state index contributed by atoms with van der Waals surface area (Å²) in [6.07, 6.45) is 2.54. The topological polar surface area (TPSA) is 75.7 Å². The minimum absolute atomic E-state index is 0.172. The van der Waals surface area contributed by atoms with Crippen molar-refractivity contribution in [2.45, 2.75) is 38.1 Å². The molecule has 1 amide bonds. The summed E-state index contributed by atoms with van der Waals surface area (Å²) in [4.78, 5) is 15.6. The van der Waals surface area contributed by atoms with Gasteiger partial charge in [0.25, 0.3) is 5.91 Å². The van der Waals surface area contributed by atoms with E-state index in [9.17, 15) is 13.2 Å². The molecule has 0 saturated heterocycles. The van der Waals surface area contributed by atoms with Gasteiger partial charge in [0, 0.05) is 25.0 Å². The second-order valence-electron chi connectivity index (χ2n) is 7.40. The van der Waals surface area contributed by atoms with Crippen molar-refractivity contribution in [3.8, 4) is 5.75 Å². The first kappa shape index (κ1) is 21.3. The number of benzene rings is 2. The Balaban J connectivity index is 2.02. The predicted molar refractivity (Wildman–Crippen MR) is 115 cm³/mol. The number of carbonyl (C=O) groups is 1. The van der Waals surface area contributed by atoms with E-state index in [0.717, 1.165) is 37.0 Å². The van der Waals surface area contributed by atoms with Crippen LogP contribution in [0.2, 0.25) is 0 Å². The molecule has 0 aromatic heterocycles. The number of anilines is 1. The SMILES string of the molecule is CCOc1cc(CC)c(S(C)(=O)=O)cc1C(=O)Nc1cccc2c1CCN(C)C2. The van der Waals surface area contributed by atoms with E-state index in [1.54, 1.807) is 6.07 Å². The maximum absolute atomic E-state index is 13.1. The van der Waals surface area contributed by atoms with Gasteiger partial charge >= 0.3 is 0 Å². The highest BCUT2D eigenvalue weighted by molar-refractivity contribution is 7.90. The van der Waals surface area contributed by atoms with Crippen LogP contribution in [-0.2, 0) is 29.2 Å². The van der Waals surface area contributed by atoms with E-state index in [-0.39, 0.29) is 16.4 Å². The molecule has 1 N–H and O–H groups in total. The number of nitrogens with one attached hydrogen (secondary N) is 1. The summed E-state index contributed by atoms with van der Waals surface area (Å²) in [5, 5.41) is 2.98. The molecule has 0 unspecified atom stereocenters. The van der Waals surface area contributed by atoms with Crippen LogP contribution >= 0.6 is 0 Å². The van der Waals surface area contributed by atoms with Gasteiger partial charge in [0.05, 0.1) is 17.1 Å². The van der Waals surface area contributed by atoms with E-state index in [1.807, 2.05) is 26.0 Å². The first-order valence-electron chi connectivity index (χ1n) is 9.85. The molecule has 2 aromatic carbocycles. The molecule has 2 aromatic rings. The number of aryl methyl sites for hydroxylation is 1. The Morgan fingerprint density at radius 3 is 2.66 bits per heavy atom. The Hall–Kier alpha value is -2.38. The Kier molecular flexibility index (Phi) is 6.29.